The van der Waals surface area contributed by atoms with Gasteiger partial charge in [0.1, 0.15) is 5.82 Å². The number of amides is 1. The molecule has 1 aliphatic carbocycles. The molecule has 1 N–H and O–H groups in total. The van der Waals surface area contributed by atoms with Crippen LogP contribution in [-0.4, -0.2) is 52.2 Å². The number of aromatic nitrogens is 1. The Bertz CT molecular complexity index is 700. The van der Waals surface area contributed by atoms with Gasteiger partial charge in [0.25, 0.3) is 0 Å². The maximum absolute atomic E-state index is 12.6. The van der Waals surface area contributed by atoms with Gasteiger partial charge in [0.2, 0.25) is 5.91 Å². The zero-order chi connectivity index (χ0) is 19.2. The lowest BCUT2D eigenvalue weighted by Gasteiger charge is -2.43. The first kappa shape index (κ1) is 18.7. The second-order valence-corrected chi connectivity index (χ2v) is 9.40. The molecule has 3 heterocycles. The minimum atomic E-state index is -0.623. The van der Waals surface area contributed by atoms with E-state index in [2.05, 4.69) is 30.9 Å². The van der Waals surface area contributed by atoms with Crippen molar-refractivity contribution < 1.29 is 9.90 Å². The third-order valence-corrected chi connectivity index (χ3v) is 6.68. The van der Waals surface area contributed by atoms with Crippen molar-refractivity contribution in [2.45, 2.75) is 70.9 Å². The number of hydrogen-bond donors (Lipinski definition) is 1. The van der Waals surface area contributed by atoms with Gasteiger partial charge >= 0.3 is 0 Å². The van der Waals surface area contributed by atoms with Crippen LogP contribution < -0.4 is 4.90 Å². The van der Waals surface area contributed by atoms with Crippen molar-refractivity contribution in [3.63, 3.8) is 0 Å². The summed E-state index contributed by atoms with van der Waals surface area (Å²) in [6, 6.07) is 4.97. The average molecular weight is 372 g/mol. The molecule has 27 heavy (non-hydrogen) atoms. The third-order valence-electron chi connectivity index (χ3n) is 6.68. The van der Waals surface area contributed by atoms with Crippen LogP contribution in [0.2, 0.25) is 0 Å². The zero-order valence-electron chi connectivity index (χ0n) is 16.9. The number of nitrogens with zero attached hydrogens (tertiary/aromatic N) is 3. The third kappa shape index (κ3) is 3.84. The first-order valence-electron chi connectivity index (χ1n) is 10.6. The van der Waals surface area contributed by atoms with Gasteiger partial charge in [-0.05, 0) is 76.8 Å². The first-order chi connectivity index (χ1) is 12.8. The number of fused-ring (bicyclic) bond motifs is 1. The number of carbonyl (C=O) groups is 1. The smallest absolute Gasteiger partial charge is 0.225 e. The van der Waals surface area contributed by atoms with E-state index < -0.39 is 5.60 Å². The van der Waals surface area contributed by atoms with E-state index in [0.29, 0.717) is 24.8 Å². The minimum absolute atomic E-state index is 0.0388. The van der Waals surface area contributed by atoms with Crippen LogP contribution in [0.15, 0.2) is 12.1 Å². The first-order valence-corrected chi connectivity index (χ1v) is 10.6. The van der Waals surface area contributed by atoms with E-state index in [1.807, 2.05) is 11.8 Å². The van der Waals surface area contributed by atoms with Crippen LogP contribution in [0.1, 0.15) is 57.7 Å². The Balaban J connectivity index is 1.31. The Labute approximate surface area is 162 Å². The van der Waals surface area contributed by atoms with Gasteiger partial charge in [0, 0.05) is 37.3 Å². The highest BCUT2D eigenvalue weighted by Crippen LogP contribution is 2.39. The second kappa shape index (κ2) is 7.08. The summed E-state index contributed by atoms with van der Waals surface area (Å²) in [4.78, 5) is 22.0. The summed E-state index contributed by atoms with van der Waals surface area (Å²) in [5.74, 6) is 2.09. The molecule has 0 spiro atoms. The number of anilines is 1. The second-order valence-electron chi connectivity index (χ2n) is 9.40. The van der Waals surface area contributed by atoms with Gasteiger partial charge in [-0.25, -0.2) is 4.98 Å². The molecule has 1 saturated heterocycles. The van der Waals surface area contributed by atoms with E-state index >= 15 is 0 Å². The molecule has 1 amide bonds. The molecule has 5 heteroatoms. The van der Waals surface area contributed by atoms with Crippen molar-refractivity contribution in [2.75, 3.05) is 24.5 Å². The molecular formula is C22H33N3O2. The number of likely N-dealkylation sites (tertiary alicyclic amines) is 1. The number of pyridine rings is 1. The van der Waals surface area contributed by atoms with E-state index in [4.69, 9.17) is 4.98 Å². The molecule has 2 fully saturated rings. The molecule has 0 radical (unpaired) electrons. The number of carbonyl (C=O) groups excluding carboxylic acids is 1. The standard InChI is InChI=1S/C22H33N3O2/c1-15(2)25-11-8-17-4-5-19(23-20(17)25)12-16-6-9-24(10-7-16)21(26)18-13-22(3,27)14-18/h4-5,15-16,18,27H,6-14H2,1-3H3. The number of aliphatic hydroxyl groups is 1. The molecule has 1 saturated carbocycles. The molecule has 0 unspecified atom stereocenters. The van der Waals surface area contributed by atoms with Crippen molar-refractivity contribution in [2.24, 2.45) is 11.8 Å². The summed E-state index contributed by atoms with van der Waals surface area (Å²) < 4.78 is 0. The highest BCUT2D eigenvalue weighted by atomic mass is 16.3. The molecule has 0 bridgehead atoms. The fourth-order valence-electron chi connectivity index (χ4n) is 5.01. The predicted octanol–water partition coefficient (Wildman–Crippen LogP) is 2.79. The molecular weight excluding hydrogens is 338 g/mol. The summed E-state index contributed by atoms with van der Waals surface area (Å²) in [7, 11) is 0. The molecule has 1 aromatic rings. The number of piperidine rings is 1. The van der Waals surface area contributed by atoms with E-state index in [0.717, 1.165) is 45.3 Å². The van der Waals surface area contributed by atoms with Crippen molar-refractivity contribution in [3.8, 4) is 0 Å². The minimum Gasteiger partial charge on any atom is -0.390 e. The molecule has 1 aromatic heterocycles. The maximum atomic E-state index is 12.6. The van der Waals surface area contributed by atoms with E-state index in [-0.39, 0.29) is 11.8 Å². The average Bonchev–Trinajstić information content (AvgIpc) is 3.03. The Morgan fingerprint density at radius 2 is 1.96 bits per heavy atom. The van der Waals surface area contributed by atoms with Gasteiger partial charge in [0.15, 0.2) is 0 Å². The van der Waals surface area contributed by atoms with Crippen molar-refractivity contribution >= 4 is 11.7 Å². The van der Waals surface area contributed by atoms with Gasteiger partial charge in [-0.1, -0.05) is 6.07 Å². The topological polar surface area (TPSA) is 56.7 Å². The van der Waals surface area contributed by atoms with Crippen LogP contribution in [-0.2, 0) is 17.6 Å². The quantitative estimate of drug-likeness (QED) is 0.884. The van der Waals surface area contributed by atoms with Crippen LogP contribution in [0.25, 0.3) is 0 Å². The van der Waals surface area contributed by atoms with Crippen molar-refractivity contribution in [3.05, 3.63) is 23.4 Å². The summed E-state index contributed by atoms with van der Waals surface area (Å²) in [6.45, 7) is 9.08. The Kier molecular flexibility index (Phi) is 4.91. The molecule has 4 rings (SSSR count). The lowest BCUT2D eigenvalue weighted by molar-refractivity contribution is -0.151. The fourth-order valence-corrected chi connectivity index (χ4v) is 5.01. The molecule has 0 atom stereocenters. The molecule has 148 valence electrons. The number of hydrogen-bond acceptors (Lipinski definition) is 4. The van der Waals surface area contributed by atoms with Gasteiger partial charge < -0.3 is 14.9 Å². The summed E-state index contributed by atoms with van der Waals surface area (Å²) in [5, 5.41) is 9.88. The lowest BCUT2D eigenvalue weighted by Crippen LogP contribution is -2.51. The largest absolute Gasteiger partial charge is 0.390 e. The Hall–Kier alpha value is -1.62. The van der Waals surface area contributed by atoms with E-state index in [1.54, 1.807) is 0 Å². The Morgan fingerprint density at radius 3 is 2.59 bits per heavy atom. The number of rotatable bonds is 4. The molecule has 3 aliphatic rings. The van der Waals surface area contributed by atoms with Crippen LogP contribution in [0, 0.1) is 11.8 Å². The summed E-state index contributed by atoms with van der Waals surface area (Å²) in [5.41, 5.74) is 1.95. The van der Waals surface area contributed by atoms with Gasteiger partial charge in [-0.2, -0.15) is 0 Å². The zero-order valence-corrected chi connectivity index (χ0v) is 16.9. The highest BCUT2D eigenvalue weighted by molar-refractivity contribution is 5.80. The van der Waals surface area contributed by atoms with Crippen LogP contribution in [0.3, 0.4) is 0 Å². The molecule has 5 nitrogen and oxygen atoms in total. The summed E-state index contributed by atoms with van der Waals surface area (Å²) >= 11 is 0. The summed E-state index contributed by atoms with van der Waals surface area (Å²) in [6.07, 6.45) is 5.48. The van der Waals surface area contributed by atoms with E-state index in [9.17, 15) is 9.90 Å². The predicted molar refractivity (Wildman–Crippen MR) is 107 cm³/mol. The Morgan fingerprint density at radius 1 is 1.26 bits per heavy atom. The monoisotopic (exact) mass is 371 g/mol. The van der Waals surface area contributed by atoms with E-state index in [1.165, 1.54) is 17.1 Å². The van der Waals surface area contributed by atoms with Crippen molar-refractivity contribution in [1.29, 1.82) is 0 Å². The highest BCUT2D eigenvalue weighted by Gasteiger charge is 2.44. The van der Waals surface area contributed by atoms with Crippen molar-refractivity contribution in [1.82, 2.24) is 9.88 Å². The molecule has 2 aliphatic heterocycles. The SMILES string of the molecule is CC(C)N1CCc2ccc(CC3CCN(C(=O)C4CC(C)(O)C4)CC3)nc21. The maximum Gasteiger partial charge on any atom is 0.225 e. The fraction of sp³-hybridized carbons (Fsp3) is 0.727. The van der Waals surface area contributed by atoms with Crippen LogP contribution in [0.4, 0.5) is 5.82 Å². The normalized spacial score (nSPS) is 28.4. The van der Waals surface area contributed by atoms with Crippen LogP contribution >= 0.6 is 0 Å². The van der Waals surface area contributed by atoms with Crippen LogP contribution in [0.5, 0.6) is 0 Å². The van der Waals surface area contributed by atoms with Gasteiger partial charge in [0.05, 0.1) is 5.60 Å². The lowest BCUT2D eigenvalue weighted by atomic mass is 9.71. The van der Waals surface area contributed by atoms with Gasteiger partial charge in [-0.15, -0.1) is 0 Å². The molecule has 0 aromatic carbocycles. The van der Waals surface area contributed by atoms with Gasteiger partial charge in [-0.3, -0.25) is 4.79 Å².